The van der Waals surface area contributed by atoms with Crippen LogP contribution in [0.3, 0.4) is 0 Å². The quantitative estimate of drug-likeness (QED) is 0.807. The van der Waals surface area contributed by atoms with Crippen molar-refractivity contribution in [3.63, 3.8) is 0 Å². The fourth-order valence-electron chi connectivity index (χ4n) is 1.51. The zero-order valence-electron chi connectivity index (χ0n) is 11.5. The third-order valence-electron chi connectivity index (χ3n) is 2.41. The Labute approximate surface area is 122 Å². The Kier molecular flexibility index (Phi) is 6.27. The average Bonchev–Trinajstić information content (AvgIpc) is 2.39. The number of rotatable bonds is 5. The van der Waals surface area contributed by atoms with E-state index in [2.05, 4.69) is 10.6 Å². The fourth-order valence-corrected chi connectivity index (χ4v) is 1.77. The molecule has 0 saturated carbocycles. The Hall–Kier alpha value is -1.79. The van der Waals surface area contributed by atoms with Crippen LogP contribution in [0.25, 0.3) is 0 Å². The van der Waals surface area contributed by atoms with Gasteiger partial charge in [-0.1, -0.05) is 11.6 Å². The minimum Gasteiger partial charge on any atom is -0.495 e. The van der Waals surface area contributed by atoms with Gasteiger partial charge in [-0.05, 0) is 25.1 Å². The molecule has 2 amide bonds. The lowest BCUT2D eigenvalue weighted by Crippen LogP contribution is -2.42. The minimum absolute atomic E-state index is 0.252. The molecular formula is C13H17ClN2O4. The first-order valence-corrected chi connectivity index (χ1v) is 6.30. The summed E-state index contributed by atoms with van der Waals surface area (Å²) in [6.07, 6.45) is 0. The van der Waals surface area contributed by atoms with Crippen LogP contribution in [0.5, 0.6) is 5.75 Å². The summed E-state index contributed by atoms with van der Waals surface area (Å²) in [5.74, 6) is -1.02. The fraction of sp³-hybridized carbons (Fsp3) is 0.385. The largest absolute Gasteiger partial charge is 0.495 e. The molecule has 1 atom stereocenters. The molecule has 7 heteroatoms. The predicted molar refractivity (Wildman–Crippen MR) is 76.1 cm³/mol. The number of hydrogen-bond donors (Lipinski definition) is 2. The van der Waals surface area contributed by atoms with Crippen molar-refractivity contribution in [2.75, 3.05) is 26.1 Å². The standard InChI is InChI=1S/C13H17ClN2O4/c1-8(7-19-2)15-12(17)13(18)16-9-4-5-11(20-3)10(14)6-9/h4-6,8H,7H2,1-3H3,(H,15,17)(H,16,18)/t8-/m1/s1. The van der Waals surface area contributed by atoms with Crippen molar-refractivity contribution in [3.05, 3.63) is 23.2 Å². The molecule has 1 aromatic carbocycles. The van der Waals surface area contributed by atoms with E-state index >= 15 is 0 Å². The molecule has 0 radical (unpaired) electrons. The molecule has 0 fully saturated rings. The monoisotopic (exact) mass is 300 g/mol. The van der Waals surface area contributed by atoms with Crippen LogP contribution in [0.4, 0.5) is 5.69 Å². The number of carbonyl (C=O) groups is 2. The normalized spacial score (nSPS) is 11.6. The van der Waals surface area contributed by atoms with E-state index in [1.807, 2.05) is 0 Å². The highest BCUT2D eigenvalue weighted by molar-refractivity contribution is 6.40. The van der Waals surface area contributed by atoms with E-state index in [9.17, 15) is 9.59 Å². The summed E-state index contributed by atoms with van der Waals surface area (Å²) < 4.78 is 9.86. The summed E-state index contributed by atoms with van der Waals surface area (Å²) in [6.45, 7) is 2.06. The molecule has 0 aliphatic rings. The maximum Gasteiger partial charge on any atom is 0.313 e. The molecule has 0 aliphatic carbocycles. The average molecular weight is 301 g/mol. The molecule has 0 aliphatic heterocycles. The molecule has 0 aromatic heterocycles. The van der Waals surface area contributed by atoms with Gasteiger partial charge in [0.05, 0.1) is 18.7 Å². The van der Waals surface area contributed by atoms with Crippen LogP contribution >= 0.6 is 11.6 Å². The van der Waals surface area contributed by atoms with Crippen LogP contribution < -0.4 is 15.4 Å². The maximum absolute atomic E-state index is 11.7. The van der Waals surface area contributed by atoms with Crippen molar-refractivity contribution in [2.45, 2.75) is 13.0 Å². The molecule has 0 unspecified atom stereocenters. The summed E-state index contributed by atoms with van der Waals surface area (Å²) in [7, 11) is 3.01. The van der Waals surface area contributed by atoms with Gasteiger partial charge in [0, 0.05) is 18.8 Å². The van der Waals surface area contributed by atoms with Gasteiger partial charge in [0.15, 0.2) is 0 Å². The van der Waals surface area contributed by atoms with Crippen molar-refractivity contribution < 1.29 is 19.1 Å². The smallest absolute Gasteiger partial charge is 0.313 e. The van der Waals surface area contributed by atoms with E-state index in [-0.39, 0.29) is 6.04 Å². The van der Waals surface area contributed by atoms with Gasteiger partial charge in [0.1, 0.15) is 5.75 Å². The van der Waals surface area contributed by atoms with Crippen molar-refractivity contribution in [2.24, 2.45) is 0 Å². The van der Waals surface area contributed by atoms with E-state index in [1.165, 1.54) is 20.3 Å². The third-order valence-corrected chi connectivity index (χ3v) is 2.71. The third kappa shape index (κ3) is 4.71. The van der Waals surface area contributed by atoms with Crippen LogP contribution in [0.1, 0.15) is 6.92 Å². The van der Waals surface area contributed by atoms with Crippen LogP contribution in [-0.4, -0.2) is 38.7 Å². The molecule has 110 valence electrons. The zero-order chi connectivity index (χ0) is 15.1. The van der Waals surface area contributed by atoms with Crippen molar-refractivity contribution in [1.29, 1.82) is 0 Å². The number of carbonyl (C=O) groups excluding carboxylic acids is 2. The first-order valence-electron chi connectivity index (χ1n) is 5.92. The zero-order valence-corrected chi connectivity index (χ0v) is 12.3. The van der Waals surface area contributed by atoms with E-state index in [4.69, 9.17) is 21.1 Å². The molecule has 0 spiro atoms. The summed E-state index contributed by atoms with van der Waals surface area (Å²) in [5, 5.41) is 5.30. The van der Waals surface area contributed by atoms with Crippen LogP contribution in [0.15, 0.2) is 18.2 Å². The molecule has 1 aromatic rings. The van der Waals surface area contributed by atoms with Gasteiger partial charge in [0.2, 0.25) is 0 Å². The number of nitrogens with one attached hydrogen (secondary N) is 2. The van der Waals surface area contributed by atoms with Gasteiger partial charge < -0.3 is 20.1 Å². The highest BCUT2D eigenvalue weighted by atomic mass is 35.5. The molecule has 20 heavy (non-hydrogen) atoms. The van der Waals surface area contributed by atoms with E-state index < -0.39 is 11.8 Å². The summed E-state index contributed by atoms with van der Waals surface area (Å²) >= 11 is 5.92. The first kappa shape index (κ1) is 16.3. The number of ether oxygens (including phenoxy) is 2. The number of amides is 2. The lowest BCUT2D eigenvalue weighted by molar-refractivity contribution is -0.136. The van der Waals surface area contributed by atoms with Crippen molar-refractivity contribution in [1.82, 2.24) is 5.32 Å². The molecule has 6 nitrogen and oxygen atoms in total. The lowest BCUT2D eigenvalue weighted by Gasteiger charge is -2.12. The minimum atomic E-state index is -0.769. The maximum atomic E-state index is 11.7. The topological polar surface area (TPSA) is 76.7 Å². The predicted octanol–water partition coefficient (Wildman–Crippen LogP) is 1.44. The van der Waals surface area contributed by atoms with Gasteiger partial charge in [0.25, 0.3) is 0 Å². The van der Waals surface area contributed by atoms with Crippen LogP contribution in [0.2, 0.25) is 5.02 Å². The number of anilines is 1. The summed E-state index contributed by atoms with van der Waals surface area (Å²) in [4.78, 5) is 23.3. The Morgan fingerprint density at radius 3 is 2.55 bits per heavy atom. The second-order valence-corrected chi connectivity index (χ2v) is 4.54. The Morgan fingerprint density at radius 2 is 2.00 bits per heavy atom. The Bertz CT molecular complexity index is 493. The first-order chi connectivity index (χ1) is 9.47. The van der Waals surface area contributed by atoms with E-state index in [0.29, 0.717) is 23.1 Å². The van der Waals surface area contributed by atoms with Crippen molar-refractivity contribution in [3.8, 4) is 5.75 Å². The highest BCUT2D eigenvalue weighted by Gasteiger charge is 2.16. The highest BCUT2D eigenvalue weighted by Crippen LogP contribution is 2.27. The number of benzene rings is 1. The van der Waals surface area contributed by atoms with E-state index in [0.717, 1.165) is 0 Å². The van der Waals surface area contributed by atoms with Gasteiger partial charge in [-0.2, -0.15) is 0 Å². The van der Waals surface area contributed by atoms with Gasteiger partial charge >= 0.3 is 11.8 Å². The Balaban J connectivity index is 2.61. The molecule has 2 N–H and O–H groups in total. The number of halogens is 1. The summed E-state index contributed by atoms with van der Waals surface area (Å²) in [6, 6.07) is 4.44. The molecule has 0 heterocycles. The van der Waals surface area contributed by atoms with Crippen LogP contribution in [-0.2, 0) is 14.3 Å². The van der Waals surface area contributed by atoms with Gasteiger partial charge in [-0.3, -0.25) is 9.59 Å². The number of hydrogen-bond acceptors (Lipinski definition) is 4. The number of methoxy groups -OCH3 is 2. The SMILES string of the molecule is COC[C@@H](C)NC(=O)C(=O)Nc1ccc(OC)c(Cl)c1. The lowest BCUT2D eigenvalue weighted by atomic mass is 10.3. The molecule has 0 saturated heterocycles. The van der Waals surface area contributed by atoms with Gasteiger partial charge in [-0.25, -0.2) is 0 Å². The second kappa shape index (κ2) is 7.72. The van der Waals surface area contributed by atoms with Crippen molar-refractivity contribution >= 4 is 29.1 Å². The molecule has 1 rings (SSSR count). The Morgan fingerprint density at radius 1 is 1.30 bits per heavy atom. The molecular weight excluding hydrogens is 284 g/mol. The van der Waals surface area contributed by atoms with Gasteiger partial charge in [-0.15, -0.1) is 0 Å². The second-order valence-electron chi connectivity index (χ2n) is 4.13. The molecule has 0 bridgehead atoms. The summed E-state index contributed by atoms with van der Waals surface area (Å²) in [5.41, 5.74) is 0.412. The van der Waals surface area contributed by atoms with Crippen LogP contribution in [0, 0.1) is 0 Å². The van der Waals surface area contributed by atoms with E-state index in [1.54, 1.807) is 19.1 Å².